The van der Waals surface area contributed by atoms with Crippen molar-refractivity contribution in [1.82, 2.24) is 4.90 Å². The predicted octanol–water partition coefficient (Wildman–Crippen LogP) is 4.06. The van der Waals surface area contributed by atoms with E-state index in [4.69, 9.17) is 11.6 Å². The number of rotatable bonds is 2. The van der Waals surface area contributed by atoms with E-state index in [-0.39, 0.29) is 17.9 Å². The van der Waals surface area contributed by atoms with Gasteiger partial charge in [-0.15, -0.1) is 0 Å². The summed E-state index contributed by atoms with van der Waals surface area (Å²) < 4.78 is 0. The largest absolute Gasteiger partial charge is 0.339 e. The molecule has 1 heterocycles. The normalized spacial score (nSPS) is 20.1. The van der Waals surface area contributed by atoms with Gasteiger partial charge in [0.1, 0.15) is 0 Å². The van der Waals surface area contributed by atoms with E-state index in [9.17, 15) is 9.59 Å². The van der Waals surface area contributed by atoms with Crippen molar-refractivity contribution >= 4 is 40.9 Å². The van der Waals surface area contributed by atoms with Gasteiger partial charge in [0.2, 0.25) is 5.91 Å². The Morgan fingerprint density at radius 1 is 1.35 bits per heavy atom. The second kappa shape index (κ2) is 6.97. The number of amides is 2. The van der Waals surface area contributed by atoms with Gasteiger partial charge in [0.15, 0.2) is 0 Å². The van der Waals surface area contributed by atoms with Gasteiger partial charge in [0, 0.05) is 29.1 Å². The van der Waals surface area contributed by atoms with Gasteiger partial charge >= 0.3 is 0 Å². The molecule has 1 saturated carbocycles. The summed E-state index contributed by atoms with van der Waals surface area (Å²) in [6.07, 6.45) is 7.13. The molecule has 2 aliphatic rings. The smallest absolute Gasteiger partial charge is 0.262 e. The third-order valence-corrected chi connectivity index (χ3v) is 5.69. The Kier molecular flexibility index (Phi) is 4.97. The van der Waals surface area contributed by atoms with Crippen molar-refractivity contribution < 1.29 is 9.59 Å². The number of nitrogens with one attached hydrogen (secondary N) is 1. The molecule has 23 heavy (non-hydrogen) atoms. The summed E-state index contributed by atoms with van der Waals surface area (Å²) in [5, 5.41) is 3.37. The molecular weight excluding hydrogens is 332 g/mol. The Bertz CT molecular complexity index is 669. The minimum absolute atomic E-state index is 0.105. The molecule has 0 spiro atoms. The number of benzene rings is 1. The van der Waals surface area contributed by atoms with Crippen LogP contribution in [0.15, 0.2) is 34.1 Å². The number of thioether (sulfide) groups is 1. The topological polar surface area (TPSA) is 49.4 Å². The van der Waals surface area contributed by atoms with Gasteiger partial charge < -0.3 is 10.2 Å². The first-order valence-electron chi connectivity index (χ1n) is 7.82. The molecule has 0 radical (unpaired) electrons. The van der Waals surface area contributed by atoms with Crippen molar-refractivity contribution in [3.8, 4) is 0 Å². The monoisotopic (exact) mass is 350 g/mol. The summed E-state index contributed by atoms with van der Waals surface area (Å²) in [5.74, 6) is -0.359. The van der Waals surface area contributed by atoms with Crippen molar-refractivity contribution in [2.24, 2.45) is 0 Å². The minimum atomic E-state index is -0.254. The van der Waals surface area contributed by atoms with Crippen LogP contribution in [0, 0.1) is 0 Å². The molecule has 1 aliphatic heterocycles. The van der Waals surface area contributed by atoms with Crippen molar-refractivity contribution in [2.75, 3.05) is 12.4 Å². The maximum atomic E-state index is 12.5. The standard InChI is InChI=1S/C17H19ClN2O2S/c1-20(12-5-3-2-4-6-12)16(21)10-15-17(22)19-13-9-11(18)7-8-14(13)23-15/h7-10,12H,2-6H2,1H3,(H,19,22). The third-order valence-electron chi connectivity index (χ3n) is 4.36. The molecule has 1 aromatic rings. The lowest BCUT2D eigenvalue weighted by molar-refractivity contribution is -0.127. The predicted molar refractivity (Wildman–Crippen MR) is 93.7 cm³/mol. The average molecular weight is 351 g/mol. The van der Waals surface area contributed by atoms with Crippen LogP contribution >= 0.6 is 23.4 Å². The van der Waals surface area contributed by atoms with Crippen LogP contribution in [-0.2, 0) is 9.59 Å². The molecule has 0 unspecified atom stereocenters. The first kappa shape index (κ1) is 16.4. The van der Waals surface area contributed by atoms with Gasteiger partial charge in [-0.05, 0) is 31.0 Å². The summed E-state index contributed by atoms with van der Waals surface area (Å²) in [4.78, 5) is 27.7. The lowest BCUT2D eigenvalue weighted by Gasteiger charge is -2.30. The molecule has 1 aromatic carbocycles. The van der Waals surface area contributed by atoms with E-state index < -0.39 is 0 Å². The Hall–Kier alpha value is -1.46. The fourth-order valence-electron chi connectivity index (χ4n) is 2.99. The Balaban J connectivity index is 1.75. The summed E-state index contributed by atoms with van der Waals surface area (Å²) in [6.45, 7) is 0. The highest BCUT2D eigenvalue weighted by Crippen LogP contribution is 2.39. The van der Waals surface area contributed by atoms with Gasteiger partial charge in [0.25, 0.3) is 5.91 Å². The zero-order valence-corrected chi connectivity index (χ0v) is 14.5. The van der Waals surface area contributed by atoms with Gasteiger partial charge in [-0.1, -0.05) is 42.6 Å². The van der Waals surface area contributed by atoms with Crippen molar-refractivity contribution in [1.29, 1.82) is 0 Å². The lowest BCUT2D eigenvalue weighted by atomic mass is 9.94. The van der Waals surface area contributed by atoms with Crippen molar-refractivity contribution in [3.05, 3.63) is 34.2 Å². The summed E-state index contributed by atoms with van der Waals surface area (Å²) in [5.41, 5.74) is 0.692. The second-order valence-corrected chi connectivity index (χ2v) is 7.47. The fourth-order valence-corrected chi connectivity index (χ4v) is 4.06. The quantitative estimate of drug-likeness (QED) is 0.818. The van der Waals surface area contributed by atoms with Gasteiger partial charge in [-0.2, -0.15) is 0 Å². The molecule has 0 atom stereocenters. The zero-order valence-electron chi connectivity index (χ0n) is 13.0. The molecule has 1 aliphatic carbocycles. The fraction of sp³-hybridized carbons (Fsp3) is 0.412. The van der Waals surface area contributed by atoms with Crippen LogP contribution < -0.4 is 5.32 Å². The molecule has 0 aromatic heterocycles. The zero-order chi connectivity index (χ0) is 16.4. The van der Waals surface area contributed by atoms with E-state index in [1.54, 1.807) is 17.0 Å². The molecule has 6 heteroatoms. The number of nitrogens with zero attached hydrogens (tertiary/aromatic N) is 1. The summed E-state index contributed by atoms with van der Waals surface area (Å²) >= 11 is 7.25. The van der Waals surface area contributed by atoms with E-state index in [1.807, 2.05) is 13.1 Å². The first-order valence-corrected chi connectivity index (χ1v) is 9.01. The number of carbonyl (C=O) groups is 2. The lowest BCUT2D eigenvalue weighted by Crippen LogP contribution is -2.37. The number of likely N-dealkylation sites (N-methyl/N-ethyl adjacent to an activating group) is 1. The van der Waals surface area contributed by atoms with Crippen LogP contribution in [0.2, 0.25) is 5.02 Å². The Morgan fingerprint density at radius 2 is 2.09 bits per heavy atom. The Morgan fingerprint density at radius 3 is 2.83 bits per heavy atom. The minimum Gasteiger partial charge on any atom is -0.339 e. The average Bonchev–Trinajstić information content (AvgIpc) is 2.55. The number of fused-ring (bicyclic) bond motifs is 1. The van der Waals surface area contributed by atoms with Crippen molar-refractivity contribution in [2.45, 2.75) is 43.0 Å². The number of anilines is 1. The van der Waals surface area contributed by atoms with E-state index in [0.717, 1.165) is 17.7 Å². The van der Waals surface area contributed by atoms with Gasteiger partial charge in [-0.25, -0.2) is 0 Å². The molecule has 0 saturated heterocycles. The molecule has 3 rings (SSSR count). The first-order chi connectivity index (χ1) is 11.0. The van der Waals surface area contributed by atoms with Crippen LogP contribution in [-0.4, -0.2) is 29.8 Å². The second-order valence-electron chi connectivity index (χ2n) is 5.95. The SMILES string of the molecule is CN(C(=O)C=C1Sc2ccc(Cl)cc2NC1=O)C1CCCCC1. The summed E-state index contributed by atoms with van der Waals surface area (Å²) in [6, 6.07) is 5.63. The van der Waals surface area contributed by atoms with Crippen LogP contribution in [0.4, 0.5) is 5.69 Å². The van der Waals surface area contributed by atoms with Crippen LogP contribution in [0.5, 0.6) is 0 Å². The van der Waals surface area contributed by atoms with Crippen LogP contribution in [0.3, 0.4) is 0 Å². The number of hydrogen-bond donors (Lipinski definition) is 1. The maximum absolute atomic E-state index is 12.5. The highest BCUT2D eigenvalue weighted by Gasteiger charge is 2.25. The number of hydrogen-bond acceptors (Lipinski definition) is 3. The van der Waals surface area contributed by atoms with Crippen molar-refractivity contribution in [3.63, 3.8) is 0 Å². The van der Waals surface area contributed by atoms with Crippen LogP contribution in [0.1, 0.15) is 32.1 Å². The van der Waals surface area contributed by atoms with E-state index in [1.165, 1.54) is 37.1 Å². The molecule has 4 nitrogen and oxygen atoms in total. The summed E-state index contributed by atoms with van der Waals surface area (Å²) in [7, 11) is 1.83. The molecule has 1 fully saturated rings. The van der Waals surface area contributed by atoms with E-state index in [0.29, 0.717) is 15.6 Å². The number of halogens is 1. The van der Waals surface area contributed by atoms with Crippen LogP contribution in [0.25, 0.3) is 0 Å². The van der Waals surface area contributed by atoms with E-state index in [2.05, 4.69) is 5.32 Å². The van der Waals surface area contributed by atoms with E-state index >= 15 is 0 Å². The molecule has 122 valence electrons. The third kappa shape index (κ3) is 3.72. The maximum Gasteiger partial charge on any atom is 0.262 e. The van der Waals surface area contributed by atoms with Gasteiger partial charge in [-0.3, -0.25) is 9.59 Å². The molecule has 2 amide bonds. The Labute approximate surface area is 145 Å². The molecule has 0 bridgehead atoms. The highest BCUT2D eigenvalue weighted by molar-refractivity contribution is 8.04. The highest BCUT2D eigenvalue weighted by atomic mass is 35.5. The van der Waals surface area contributed by atoms with Gasteiger partial charge in [0.05, 0.1) is 10.6 Å². The molecular formula is C17H19ClN2O2S. The molecule has 1 N–H and O–H groups in total. The number of carbonyl (C=O) groups excluding carboxylic acids is 2.